The van der Waals surface area contributed by atoms with Crippen molar-refractivity contribution in [2.75, 3.05) is 0 Å². The Morgan fingerprint density at radius 2 is 1.82 bits per heavy atom. The largest absolute Gasteiger partial charge is 0.480 e. The lowest BCUT2D eigenvalue weighted by molar-refractivity contribution is -0.138. The van der Waals surface area contributed by atoms with Crippen LogP contribution in [0.15, 0.2) is 42.6 Å². The molecule has 114 valence electrons. The van der Waals surface area contributed by atoms with Gasteiger partial charge in [0.2, 0.25) is 0 Å². The lowest BCUT2D eigenvalue weighted by Crippen LogP contribution is -2.32. The molecule has 1 aromatic carbocycles. The van der Waals surface area contributed by atoms with Gasteiger partial charge in [0, 0.05) is 35.7 Å². The molecule has 0 saturated heterocycles. The molecule has 1 unspecified atom stereocenters. The third-order valence-electron chi connectivity index (χ3n) is 3.06. The number of carboxylic acids is 1. The zero-order chi connectivity index (χ0) is 16.1. The third kappa shape index (κ3) is 3.80. The molecular formula is C15H15N3O4. The first-order valence-electron chi connectivity index (χ1n) is 6.54. The number of carboxylic acid groups (broad SMARTS) is 1. The van der Waals surface area contributed by atoms with Gasteiger partial charge in [-0.15, -0.1) is 0 Å². The molecule has 0 aliphatic carbocycles. The molecule has 3 rings (SSSR count). The van der Waals surface area contributed by atoms with E-state index >= 15 is 0 Å². The molecule has 0 fully saturated rings. The Hall–Kier alpha value is -2.93. The molecule has 7 heteroatoms. The number of H-pyrrole nitrogens is 1. The molecule has 1 aliphatic rings. The summed E-state index contributed by atoms with van der Waals surface area (Å²) < 4.78 is 0. The Bertz CT molecular complexity index is 732. The predicted octanol–water partition coefficient (Wildman–Crippen LogP) is 0.321. The average Bonchev–Trinajstić information content (AvgIpc) is 3.06. The Morgan fingerprint density at radius 1 is 1.18 bits per heavy atom. The minimum absolute atomic E-state index is 0.329. The van der Waals surface area contributed by atoms with Gasteiger partial charge in [-0.25, -0.2) is 0 Å². The number of hydrogen-bond acceptors (Lipinski definition) is 4. The molecule has 7 nitrogen and oxygen atoms in total. The van der Waals surface area contributed by atoms with Crippen LogP contribution < -0.4 is 11.1 Å². The number of amides is 2. The van der Waals surface area contributed by atoms with E-state index in [-0.39, 0.29) is 11.8 Å². The van der Waals surface area contributed by atoms with Crippen LogP contribution in [0.1, 0.15) is 5.56 Å². The zero-order valence-electron chi connectivity index (χ0n) is 11.6. The number of benzene rings is 1. The minimum Gasteiger partial charge on any atom is -0.480 e. The van der Waals surface area contributed by atoms with Crippen molar-refractivity contribution in [1.29, 1.82) is 0 Å². The van der Waals surface area contributed by atoms with E-state index in [0.717, 1.165) is 16.5 Å². The number of carbonyl (C=O) groups is 3. The first kappa shape index (κ1) is 15.5. The summed E-state index contributed by atoms with van der Waals surface area (Å²) in [5, 5.41) is 11.8. The van der Waals surface area contributed by atoms with Crippen LogP contribution in [-0.4, -0.2) is 33.9 Å². The van der Waals surface area contributed by atoms with E-state index in [2.05, 4.69) is 4.98 Å². The maximum atomic E-state index is 10.6. The van der Waals surface area contributed by atoms with Crippen molar-refractivity contribution in [2.24, 2.45) is 5.73 Å². The van der Waals surface area contributed by atoms with Crippen molar-refractivity contribution in [3.8, 4) is 0 Å². The van der Waals surface area contributed by atoms with Crippen LogP contribution in [0.5, 0.6) is 0 Å². The van der Waals surface area contributed by atoms with Gasteiger partial charge in [0.25, 0.3) is 11.8 Å². The Labute approximate surface area is 125 Å². The number of carbonyl (C=O) groups excluding carboxylic acids is 2. The molecule has 0 spiro atoms. The van der Waals surface area contributed by atoms with Crippen molar-refractivity contribution < 1.29 is 19.5 Å². The van der Waals surface area contributed by atoms with E-state index in [0.29, 0.717) is 6.42 Å². The van der Waals surface area contributed by atoms with E-state index in [4.69, 9.17) is 10.8 Å². The molecule has 2 heterocycles. The summed E-state index contributed by atoms with van der Waals surface area (Å²) in [6.45, 7) is 0. The molecule has 1 aliphatic heterocycles. The number of imide groups is 1. The monoisotopic (exact) mass is 301 g/mol. The van der Waals surface area contributed by atoms with Crippen molar-refractivity contribution in [2.45, 2.75) is 12.5 Å². The zero-order valence-corrected chi connectivity index (χ0v) is 11.6. The summed E-state index contributed by atoms with van der Waals surface area (Å²) in [6, 6.07) is 6.91. The standard InChI is InChI=1S/C11H12N2O2.C4H3NO2/c12-9(11(14)15)5-7-6-13-10-4-2-1-3-8(7)10;6-3-1-2-4(7)5-3/h1-4,6,9,13H,5,12H2,(H,14,15);1-2H,(H,5,6,7). The normalized spacial score (nSPS) is 14.4. The van der Waals surface area contributed by atoms with E-state index in [1.54, 1.807) is 0 Å². The van der Waals surface area contributed by atoms with Crippen molar-refractivity contribution in [1.82, 2.24) is 10.3 Å². The first-order valence-corrected chi connectivity index (χ1v) is 6.54. The number of rotatable bonds is 3. The second kappa shape index (κ2) is 6.68. The van der Waals surface area contributed by atoms with Gasteiger partial charge in [0.05, 0.1) is 0 Å². The van der Waals surface area contributed by atoms with E-state index in [1.165, 1.54) is 12.2 Å². The maximum absolute atomic E-state index is 10.6. The molecule has 2 amide bonds. The number of nitrogens with two attached hydrogens (primary N) is 1. The van der Waals surface area contributed by atoms with E-state index in [9.17, 15) is 14.4 Å². The van der Waals surface area contributed by atoms with Crippen LogP contribution in [-0.2, 0) is 20.8 Å². The first-order chi connectivity index (χ1) is 10.5. The van der Waals surface area contributed by atoms with Crippen molar-refractivity contribution in [3.63, 3.8) is 0 Å². The molecule has 2 aromatic rings. The summed E-state index contributed by atoms with van der Waals surface area (Å²) in [6.07, 6.45) is 4.55. The SMILES string of the molecule is NC(Cc1c[nH]c2ccccc12)C(=O)O.O=C1C=CC(=O)N1. The Balaban J connectivity index is 0.000000211. The molecule has 1 aromatic heterocycles. The smallest absolute Gasteiger partial charge is 0.320 e. The van der Waals surface area contributed by atoms with Crippen LogP contribution in [0.4, 0.5) is 0 Å². The highest BCUT2D eigenvalue weighted by Gasteiger charge is 2.14. The fourth-order valence-electron chi connectivity index (χ4n) is 1.98. The highest BCUT2D eigenvalue weighted by Crippen LogP contribution is 2.18. The highest BCUT2D eigenvalue weighted by molar-refractivity contribution is 6.12. The second-order valence-corrected chi connectivity index (χ2v) is 4.70. The number of aromatic nitrogens is 1. The summed E-state index contributed by atoms with van der Waals surface area (Å²) in [7, 11) is 0. The second-order valence-electron chi connectivity index (χ2n) is 4.70. The lowest BCUT2D eigenvalue weighted by atomic mass is 10.1. The summed E-state index contributed by atoms with van der Waals surface area (Å²) in [4.78, 5) is 33.8. The van der Waals surface area contributed by atoms with Crippen LogP contribution >= 0.6 is 0 Å². The van der Waals surface area contributed by atoms with Gasteiger partial charge >= 0.3 is 5.97 Å². The average molecular weight is 301 g/mol. The summed E-state index contributed by atoms with van der Waals surface area (Å²) in [5.74, 6) is -1.63. The fourth-order valence-corrected chi connectivity index (χ4v) is 1.98. The van der Waals surface area contributed by atoms with Crippen molar-refractivity contribution in [3.05, 3.63) is 48.2 Å². The van der Waals surface area contributed by atoms with Gasteiger partial charge < -0.3 is 15.8 Å². The molecular weight excluding hydrogens is 286 g/mol. The quantitative estimate of drug-likeness (QED) is 0.608. The summed E-state index contributed by atoms with van der Waals surface area (Å²) >= 11 is 0. The van der Waals surface area contributed by atoms with Crippen molar-refractivity contribution >= 4 is 28.7 Å². The number of fused-ring (bicyclic) bond motifs is 1. The van der Waals surface area contributed by atoms with Gasteiger partial charge in [-0.05, 0) is 11.6 Å². The molecule has 22 heavy (non-hydrogen) atoms. The number of para-hydroxylation sites is 1. The van der Waals surface area contributed by atoms with E-state index < -0.39 is 12.0 Å². The molecule has 0 saturated carbocycles. The predicted molar refractivity (Wildman–Crippen MR) is 79.9 cm³/mol. The highest BCUT2D eigenvalue weighted by atomic mass is 16.4. The number of aromatic amines is 1. The van der Waals surface area contributed by atoms with Gasteiger partial charge in [-0.3, -0.25) is 19.7 Å². The third-order valence-corrected chi connectivity index (χ3v) is 3.06. The Kier molecular flexibility index (Phi) is 4.70. The van der Waals surface area contributed by atoms with Crippen LogP contribution in [0.3, 0.4) is 0 Å². The van der Waals surface area contributed by atoms with Crippen LogP contribution in [0.2, 0.25) is 0 Å². The van der Waals surface area contributed by atoms with Gasteiger partial charge in [0.1, 0.15) is 6.04 Å². The van der Waals surface area contributed by atoms with Crippen LogP contribution in [0.25, 0.3) is 10.9 Å². The molecule has 0 radical (unpaired) electrons. The van der Waals surface area contributed by atoms with Crippen LogP contribution in [0, 0.1) is 0 Å². The number of hydrogen-bond donors (Lipinski definition) is 4. The summed E-state index contributed by atoms with van der Waals surface area (Å²) in [5.41, 5.74) is 7.43. The van der Waals surface area contributed by atoms with Gasteiger partial charge in [0.15, 0.2) is 0 Å². The van der Waals surface area contributed by atoms with Gasteiger partial charge in [-0.2, -0.15) is 0 Å². The topological polar surface area (TPSA) is 125 Å². The fraction of sp³-hybridized carbons (Fsp3) is 0.133. The maximum Gasteiger partial charge on any atom is 0.320 e. The molecule has 1 atom stereocenters. The number of aliphatic carboxylic acids is 1. The van der Waals surface area contributed by atoms with E-state index in [1.807, 2.05) is 35.8 Å². The number of nitrogens with one attached hydrogen (secondary N) is 2. The minimum atomic E-state index is -0.972. The van der Waals surface area contributed by atoms with Gasteiger partial charge in [-0.1, -0.05) is 18.2 Å². The molecule has 0 bridgehead atoms. The Morgan fingerprint density at radius 3 is 2.36 bits per heavy atom. The lowest BCUT2D eigenvalue weighted by Gasteiger charge is -2.04. The molecule has 5 N–H and O–H groups in total.